The van der Waals surface area contributed by atoms with Gasteiger partial charge in [0, 0.05) is 43.1 Å². The van der Waals surface area contributed by atoms with Crippen LogP contribution in [-0.2, 0) is 16.1 Å². The van der Waals surface area contributed by atoms with Crippen molar-refractivity contribution in [2.45, 2.75) is 13.5 Å². The number of amides is 2. The van der Waals surface area contributed by atoms with Crippen LogP contribution in [0, 0.1) is 0 Å². The summed E-state index contributed by atoms with van der Waals surface area (Å²) < 4.78 is 12.3. The number of aromatic nitrogens is 1. The maximum atomic E-state index is 12.3. The molecule has 0 radical (unpaired) electrons. The number of nitrogens with one attached hydrogen (secondary N) is 1. The lowest BCUT2D eigenvalue weighted by Crippen LogP contribution is -2.42. The summed E-state index contributed by atoms with van der Waals surface area (Å²) in [6, 6.07) is 9.64. The molecule has 1 aromatic heterocycles. The minimum Gasteiger partial charge on any atom is -0.484 e. The van der Waals surface area contributed by atoms with Crippen molar-refractivity contribution in [3.63, 3.8) is 0 Å². The van der Waals surface area contributed by atoms with E-state index in [1.165, 1.54) is 10.6 Å². The Morgan fingerprint density at radius 2 is 1.86 bits per heavy atom. The Morgan fingerprint density at radius 1 is 1.14 bits per heavy atom. The fourth-order valence-electron chi connectivity index (χ4n) is 2.80. The van der Waals surface area contributed by atoms with E-state index in [9.17, 15) is 14.4 Å². The number of nitrogens with zero attached hydrogens (tertiary/aromatic N) is 2. The standard InChI is InChI=1S/C20H23N3O5/c1-2-22-8-7-15(13-18(22)24)20(26)21-16-3-5-17(6-4-16)28-14-19(25)23-9-11-27-12-10-23/h3-8,13H,2,9-12,14H2,1H3,(H,21,26). The van der Waals surface area contributed by atoms with E-state index < -0.39 is 0 Å². The number of benzene rings is 1. The smallest absolute Gasteiger partial charge is 0.260 e. The second kappa shape index (κ2) is 9.18. The third-order valence-electron chi connectivity index (χ3n) is 4.44. The number of carbonyl (C=O) groups excluding carboxylic acids is 2. The molecule has 0 saturated carbocycles. The van der Waals surface area contributed by atoms with Crippen LogP contribution in [0.15, 0.2) is 47.4 Å². The highest BCUT2D eigenvalue weighted by molar-refractivity contribution is 6.04. The Hall–Kier alpha value is -3.13. The number of hydrogen-bond acceptors (Lipinski definition) is 5. The molecule has 1 N–H and O–H groups in total. The van der Waals surface area contributed by atoms with Crippen molar-refractivity contribution in [2.75, 3.05) is 38.2 Å². The molecule has 8 nitrogen and oxygen atoms in total. The molecule has 1 aliphatic heterocycles. The lowest BCUT2D eigenvalue weighted by molar-refractivity contribution is -0.137. The molecule has 2 aromatic rings. The van der Waals surface area contributed by atoms with E-state index in [0.717, 1.165) is 0 Å². The van der Waals surface area contributed by atoms with Crippen molar-refractivity contribution in [1.82, 2.24) is 9.47 Å². The van der Waals surface area contributed by atoms with Gasteiger partial charge in [0.05, 0.1) is 13.2 Å². The normalized spacial score (nSPS) is 13.8. The minimum absolute atomic E-state index is 0.0422. The molecule has 1 aromatic carbocycles. The third-order valence-corrected chi connectivity index (χ3v) is 4.44. The van der Waals surface area contributed by atoms with Gasteiger partial charge in [-0.3, -0.25) is 14.4 Å². The fraction of sp³-hybridized carbons (Fsp3) is 0.350. The average molecular weight is 385 g/mol. The fourth-order valence-corrected chi connectivity index (χ4v) is 2.80. The van der Waals surface area contributed by atoms with Gasteiger partial charge in [0.15, 0.2) is 6.61 Å². The molecule has 0 aliphatic carbocycles. The molecular formula is C20H23N3O5. The summed E-state index contributed by atoms with van der Waals surface area (Å²) in [5, 5.41) is 2.73. The minimum atomic E-state index is -0.364. The zero-order valence-corrected chi connectivity index (χ0v) is 15.7. The van der Waals surface area contributed by atoms with Crippen molar-refractivity contribution < 1.29 is 19.1 Å². The van der Waals surface area contributed by atoms with Gasteiger partial charge in [0.1, 0.15) is 5.75 Å². The topological polar surface area (TPSA) is 89.9 Å². The highest BCUT2D eigenvalue weighted by Gasteiger charge is 2.17. The van der Waals surface area contributed by atoms with Crippen molar-refractivity contribution >= 4 is 17.5 Å². The van der Waals surface area contributed by atoms with Crippen LogP contribution >= 0.6 is 0 Å². The highest BCUT2D eigenvalue weighted by atomic mass is 16.5. The van der Waals surface area contributed by atoms with Crippen LogP contribution in [0.1, 0.15) is 17.3 Å². The molecule has 0 unspecified atom stereocenters. The van der Waals surface area contributed by atoms with Crippen LogP contribution in [-0.4, -0.2) is 54.2 Å². The first kappa shape index (κ1) is 19.6. The summed E-state index contributed by atoms with van der Waals surface area (Å²) in [7, 11) is 0. The van der Waals surface area contributed by atoms with Gasteiger partial charge in [0.25, 0.3) is 17.4 Å². The number of anilines is 1. The van der Waals surface area contributed by atoms with Gasteiger partial charge in [0.2, 0.25) is 0 Å². The van der Waals surface area contributed by atoms with Crippen LogP contribution in [0.4, 0.5) is 5.69 Å². The largest absolute Gasteiger partial charge is 0.484 e. The number of ether oxygens (including phenoxy) is 2. The van der Waals surface area contributed by atoms with E-state index in [4.69, 9.17) is 9.47 Å². The van der Waals surface area contributed by atoms with Gasteiger partial charge in [-0.15, -0.1) is 0 Å². The van der Waals surface area contributed by atoms with E-state index in [1.54, 1.807) is 41.4 Å². The maximum absolute atomic E-state index is 12.3. The second-order valence-electron chi connectivity index (χ2n) is 6.30. The summed E-state index contributed by atoms with van der Waals surface area (Å²) >= 11 is 0. The number of pyridine rings is 1. The average Bonchev–Trinajstić information content (AvgIpc) is 2.73. The maximum Gasteiger partial charge on any atom is 0.260 e. The van der Waals surface area contributed by atoms with Gasteiger partial charge in [-0.25, -0.2) is 0 Å². The predicted octanol–water partition coefficient (Wildman–Crippen LogP) is 1.36. The summed E-state index contributed by atoms with van der Waals surface area (Å²) in [6.45, 7) is 4.63. The molecule has 8 heteroatoms. The Balaban J connectivity index is 1.53. The van der Waals surface area contributed by atoms with Gasteiger partial charge in [-0.05, 0) is 37.3 Å². The first-order chi connectivity index (χ1) is 13.6. The van der Waals surface area contributed by atoms with Gasteiger partial charge >= 0.3 is 0 Å². The number of morpholine rings is 1. The molecule has 1 fully saturated rings. The first-order valence-electron chi connectivity index (χ1n) is 9.17. The summed E-state index contributed by atoms with van der Waals surface area (Å²) in [5.41, 5.74) is 0.645. The Bertz CT molecular complexity index is 885. The predicted molar refractivity (Wildman–Crippen MR) is 104 cm³/mol. The highest BCUT2D eigenvalue weighted by Crippen LogP contribution is 2.16. The summed E-state index contributed by atoms with van der Waals surface area (Å²) in [6.07, 6.45) is 1.60. The molecular weight excluding hydrogens is 362 g/mol. The number of rotatable bonds is 6. The van der Waals surface area contributed by atoms with Crippen LogP contribution in [0.5, 0.6) is 5.75 Å². The molecule has 2 heterocycles. The Labute approximate surface area is 162 Å². The summed E-state index contributed by atoms with van der Waals surface area (Å²) in [4.78, 5) is 37.9. The van der Waals surface area contributed by atoms with Gasteiger partial charge in [-0.2, -0.15) is 0 Å². The molecule has 0 bridgehead atoms. The third kappa shape index (κ3) is 4.98. The molecule has 0 atom stereocenters. The molecule has 0 spiro atoms. The number of carbonyl (C=O) groups is 2. The van der Waals surface area contributed by atoms with Crippen LogP contribution in [0.3, 0.4) is 0 Å². The van der Waals surface area contributed by atoms with E-state index in [2.05, 4.69) is 5.32 Å². The molecule has 148 valence electrons. The van der Waals surface area contributed by atoms with E-state index in [0.29, 0.717) is 49.8 Å². The summed E-state index contributed by atoms with van der Waals surface area (Å²) in [5.74, 6) is 0.0872. The lowest BCUT2D eigenvalue weighted by Gasteiger charge is -2.26. The zero-order chi connectivity index (χ0) is 19.9. The molecule has 1 saturated heterocycles. The SMILES string of the molecule is CCn1ccc(C(=O)Nc2ccc(OCC(=O)N3CCOCC3)cc2)cc1=O. The number of hydrogen-bond donors (Lipinski definition) is 1. The van der Waals surface area contributed by atoms with E-state index in [1.807, 2.05) is 6.92 Å². The van der Waals surface area contributed by atoms with Crippen molar-refractivity contribution in [3.05, 3.63) is 58.5 Å². The molecule has 3 rings (SSSR count). The van der Waals surface area contributed by atoms with Crippen molar-refractivity contribution in [1.29, 1.82) is 0 Å². The zero-order valence-electron chi connectivity index (χ0n) is 15.7. The van der Waals surface area contributed by atoms with Crippen LogP contribution in [0.25, 0.3) is 0 Å². The first-order valence-corrected chi connectivity index (χ1v) is 9.17. The van der Waals surface area contributed by atoms with Gasteiger partial charge < -0.3 is 24.3 Å². The van der Waals surface area contributed by atoms with E-state index in [-0.39, 0.29) is 24.0 Å². The Morgan fingerprint density at radius 3 is 2.50 bits per heavy atom. The number of aryl methyl sites for hydroxylation is 1. The van der Waals surface area contributed by atoms with Gasteiger partial charge in [-0.1, -0.05) is 0 Å². The molecule has 28 heavy (non-hydrogen) atoms. The van der Waals surface area contributed by atoms with E-state index >= 15 is 0 Å². The molecule has 1 aliphatic rings. The Kier molecular flexibility index (Phi) is 6.44. The van der Waals surface area contributed by atoms with Crippen molar-refractivity contribution in [3.8, 4) is 5.75 Å². The van der Waals surface area contributed by atoms with Crippen molar-refractivity contribution in [2.24, 2.45) is 0 Å². The quantitative estimate of drug-likeness (QED) is 0.811. The van der Waals surface area contributed by atoms with Crippen LogP contribution in [0.2, 0.25) is 0 Å². The monoisotopic (exact) mass is 385 g/mol. The molecule has 2 amide bonds. The lowest BCUT2D eigenvalue weighted by atomic mass is 10.2. The second-order valence-corrected chi connectivity index (χ2v) is 6.30. The van der Waals surface area contributed by atoms with Crippen LogP contribution < -0.4 is 15.6 Å².